The molecule has 1 aliphatic carbocycles. The number of hydrogen-bond acceptors (Lipinski definition) is 5. The van der Waals surface area contributed by atoms with Gasteiger partial charge in [-0.25, -0.2) is 0 Å². The molecule has 0 bridgehead atoms. The SMILES string of the molecule is COC1=CC([C@@](O)(C(=O)Nc2ccc(C3CCN(c4ccc(C(=O)N(C)C)c(C)c4)CC3)cc2)C(F)(F)F)=CCC1. The first-order chi connectivity index (χ1) is 19.3. The Morgan fingerprint density at radius 1 is 1.07 bits per heavy atom. The summed E-state index contributed by atoms with van der Waals surface area (Å²) in [5.41, 5.74) is -0.405. The predicted octanol–water partition coefficient (Wildman–Crippen LogP) is 5.56. The van der Waals surface area contributed by atoms with E-state index < -0.39 is 23.3 Å². The normalized spacial score (nSPS) is 17.7. The van der Waals surface area contributed by atoms with E-state index in [1.165, 1.54) is 13.2 Å². The summed E-state index contributed by atoms with van der Waals surface area (Å²) < 4.78 is 47.1. The number of carbonyl (C=O) groups is 2. The number of allylic oxidation sites excluding steroid dienone is 2. The number of aliphatic hydroxyl groups is 1. The highest BCUT2D eigenvalue weighted by Crippen LogP contribution is 2.40. The molecule has 1 saturated heterocycles. The first kappa shape index (κ1) is 30.2. The van der Waals surface area contributed by atoms with Crippen LogP contribution in [0.15, 0.2) is 65.9 Å². The van der Waals surface area contributed by atoms with Crippen molar-refractivity contribution in [1.29, 1.82) is 0 Å². The van der Waals surface area contributed by atoms with Crippen molar-refractivity contribution in [2.45, 2.75) is 50.3 Å². The summed E-state index contributed by atoms with van der Waals surface area (Å²) in [7, 11) is 4.79. The minimum atomic E-state index is -5.23. The Balaban J connectivity index is 1.40. The highest BCUT2D eigenvalue weighted by atomic mass is 19.4. The quantitative estimate of drug-likeness (QED) is 0.455. The summed E-state index contributed by atoms with van der Waals surface area (Å²) in [6.07, 6.45) is -0.590. The van der Waals surface area contributed by atoms with Gasteiger partial charge in [0.2, 0.25) is 0 Å². The molecule has 0 saturated carbocycles. The molecule has 0 spiro atoms. The van der Waals surface area contributed by atoms with E-state index in [4.69, 9.17) is 4.74 Å². The Morgan fingerprint density at radius 3 is 2.29 bits per heavy atom. The number of carbonyl (C=O) groups excluding carboxylic acids is 2. The van der Waals surface area contributed by atoms with Gasteiger partial charge in [-0.05, 0) is 79.6 Å². The van der Waals surface area contributed by atoms with Gasteiger partial charge in [-0.1, -0.05) is 18.2 Å². The van der Waals surface area contributed by atoms with Crippen LogP contribution in [0.1, 0.15) is 53.1 Å². The Hall–Kier alpha value is -3.79. The van der Waals surface area contributed by atoms with E-state index in [0.717, 1.165) is 48.8 Å². The highest BCUT2D eigenvalue weighted by Gasteiger charge is 2.61. The lowest BCUT2D eigenvalue weighted by molar-refractivity contribution is -0.234. The van der Waals surface area contributed by atoms with Gasteiger partial charge in [0.1, 0.15) is 0 Å². The van der Waals surface area contributed by atoms with Gasteiger partial charge in [0.15, 0.2) is 0 Å². The van der Waals surface area contributed by atoms with Crippen LogP contribution >= 0.6 is 0 Å². The number of benzene rings is 2. The van der Waals surface area contributed by atoms with Crippen LogP contribution in [0, 0.1) is 6.92 Å². The molecule has 0 aromatic heterocycles. The Labute approximate surface area is 238 Å². The molecule has 1 fully saturated rings. The van der Waals surface area contributed by atoms with Crippen molar-refractivity contribution < 1.29 is 32.6 Å². The van der Waals surface area contributed by atoms with Gasteiger partial charge < -0.3 is 25.0 Å². The molecule has 41 heavy (non-hydrogen) atoms. The standard InChI is InChI=1S/C31H36F3N3O4/c1-20-18-25(12-13-27(20)28(38)36(2)3)37-16-14-22(15-17-37)21-8-10-24(11-9-21)35-29(39)30(40,31(32,33)34)23-6-5-7-26(19-23)41-4/h6,8-13,18-19,22,40H,5,7,14-17H2,1-4H3,(H,35,39)/t30-/m1/s1. The molecule has 1 aliphatic heterocycles. The van der Waals surface area contributed by atoms with E-state index in [1.54, 1.807) is 43.3 Å². The number of alkyl halides is 3. The lowest BCUT2D eigenvalue weighted by Crippen LogP contribution is -2.56. The lowest BCUT2D eigenvalue weighted by Gasteiger charge is -2.34. The number of ether oxygens (including phenoxy) is 1. The molecule has 2 aromatic carbocycles. The summed E-state index contributed by atoms with van der Waals surface area (Å²) in [6.45, 7) is 3.56. The van der Waals surface area contributed by atoms with Gasteiger partial charge >= 0.3 is 6.18 Å². The zero-order valence-corrected chi connectivity index (χ0v) is 23.7. The number of amides is 2. The van der Waals surface area contributed by atoms with E-state index >= 15 is 0 Å². The van der Waals surface area contributed by atoms with E-state index in [0.29, 0.717) is 12.0 Å². The number of hydrogen-bond donors (Lipinski definition) is 2. The number of halogens is 3. The average Bonchev–Trinajstić information content (AvgIpc) is 2.96. The van der Waals surface area contributed by atoms with Crippen molar-refractivity contribution in [3.8, 4) is 0 Å². The van der Waals surface area contributed by atoms with E-state index in [-0.39, 0.29) is 29.7 Å². The van der Waals surface area contributed by atoms with Crippen LogP contribution < -0.4 is 10.2 Å². The van der Waals surface area contributed by atoms with E-state index in [9.17, 15) is 27.9 Å². The van der Waals surface area contributed by atoms with Gasteiger partial charge in [0.05, 0.1) is 12.9 Å². The largest absolute Gasteiger partial charge is 0.501 e. The number of nitrogens with zero attached hydrogens (tertiary/aromatic N) is 2. The second-order valence-corrected chi connectivity index (χ2v) is 10.8. The van der Waals surface area contributed by atoms with Crippen molar-refractivity contribution in [2.75, 3.05) is 44.5 Å². The molecule has 1 heterocycles. The Morgan fingerprint density at radius 2 is 1.73 bits per heavy atom. The van der Waals surface area contributed by atoms with Crippen molar-refractivity contribution in [3.63, 3.8) is 0 Å². The highest BCUT2D eigenvalue weighted by molar-refractivity contribution is 6.01. The van der Waals surface area contributed by atoms with Crippen molar-refractivity contribution in [2.24, 2.45) is 0 Å². The molecular formula is C31H36F3N3O4. The lowest BCUT2D eigenvalue weighted by atomic mass is 9.87. The summed E-state index contributed by atoms with van der Waals surface area (Å²) in [4.78, 5) is 29.0. The van der Waals surface area contributed by atoms with Gasteiger partial charge in [0, 0.05) is 56.1 Å². The number of methoxy groups -OCH3 is 1. The fourth-order valence-electron chi connectivity index (χ4n) is 5.37. The minimum absolute atomic E-state index is 0.0291. The van der Waals surface area contributed by atoms with Crippen molar-refractivity contribution in [1.82, 2.24) is 4.90 Å². The van der Waals surface area contributed by atoms with Crippen molar-refractivity contribution >= 4 is 23.2 Å². The maximum Gasteiger partial charge on any atom is 0.430 e. The smallest absolute Gasteiger partial charge is 0.430 e. The Kier molecular flexibility index (Phi) is 8.82. The number of nitrogens with one attached hydrogen (secondary N) is 1. The molecule has 2 aliphatic rings. The minimum Gasteiger partial charge on any atom is -0.501 e. The van der Waals surface area contributed by atoms with Gasteiger partial charge in [-0.15, -0.1) is 0 Å². The zero-order chi connectivity index (χ0) is 29.9. The maximum absolute atomic E-state index is 14.0. The number of aryl methyl sites for hydroxylation is 1. The summed E-state index contributed by atoms with van der Waals surface area (Å²) >= 11 is 0. The van der Waals surface area contributed by atoms with Crippen LogP contribution in [0.3, 0.4) is 0 Å². The first-order valence-corrected chi connectivity index (χ1v) is 13.6. The zero-order valence-electron chi connectivity index (χ0n) is 23.7. The predicted molar refractivity (Wildman–Crippen MR) is 152 cm³/mol. The number of piperidine rings is 1. The number of rotatable bonds is 7. The maximum atomic E-state index is 14.0. The fraction of sp³-hybridized carbons (Fsp3) is 0.419. The van der Waals surface area contributed by atoms with Crippen LogP contribution in [0.25, 0.3) is 0 Å². The van der Waals surface area contributed by atoms with Crippen LogP contribution in [0.4, 0.5) is 24.5 Å². The van der Waals surface area contributed by atoms with Gasteiger partial charge in [0.25, 0.3) is 17.4 Å². The molecule has 220 valence electrons. The van der Waals surface area contributed by atoms with Crippen LogP contribution in [0.5, 0.6) is 0 Å². The van der Waals surface area contributed by atoms with Gasteiger partial charge in [-0.3, -0.25) is 9.59 Å². The molecule has 2 N–H and O–H groups in total. The molecule has 7 nitrogen and oxygen atoms in total. The molecule has 2 amide bonds. The third-order valence-corrected chi connectivity index (χ3v) is 7.84. The fourth-order valence-corrected chi connectivity index (χ4v) is 5.37. The number of anilines is 2. The topological polar surface area (TPSA) is 82.1 Å². The summed E-state index contributed by atoms with van der Waals surface area (Å²) in [6, 6.07) is 12.6. The molecule has 10 heteroatoms. The van der Waals surface area contributed by atoms with Gasteiger partial charge in [-0.2, -0.15) is 13.2 Å². The monoisotopic (exact) mass is 571 g/mol. The van der Waals surface area contributed by atoms with Crippen LogP contribution in [0.2, 0.25) is 0 Å². The van der Waals surface area contributed by atoms with Crippen LogP contribution in [-0.4, -0.2) is 67.9 Å². The molecule has 1 atom stereocenters. The summed E-state index contributed by atoms with van der Waals surface area (Å²) in [5.74, 6) is -1.08. The van der Waals surface area contributed by atoms with Crippen molar-refractivity contribution in [3.05, 3.63) is 82.6 Å². The summed E-state index contributed by atoms with van der Waals surface area (Å²) in [5, 5.41) is 12.9. The molecule has 0 unspecified atom stereocenters. The van der Waals surface area contributed by atoms with E-state index in [1.807, 2.05) is 25.1 Å². The second-order valence-electron chi connectivity index (χ2n) is 10.8. The Bertz CT molecular complexity index is 1340. The average molecular weight is 572 g/mol. The second kappa shape index (κ2) is 12.0. The van der Waals surface area contributed by atoms with Crippen LogP contribution in [-0.2, 0) is 9.53 Å². The molecule has 4 rings (SSSR count). The third kappa shape index (κ3) is 6.27. The molecule has 2 aromatic rings. The molecular weight excluding hydrogens is 535 g/mol. The third-order valence-electron chi connectivity index (χ3n) is 7.84. The van der Waals surface area contributed by atoms with E-state index in [2.05, 4.69) is 10.2 Å². The first-order valence-electron chi connectivity index (χ1n) is 13.6. The molecule has 0 radical (unpaired) electrons.